The Kier molecular flexibility index (Phi) is 5.49. The molecule has 1 aliphatic carbocycles. The van der Waals surface area contributed by atoms with Gasteiger partial charge in [-0.25, -0.2) is 4.68 Å². The van der Waals surface area contributed by atoms with Crippen LogP contribution in [0.5, 0.6) is 0 Å². The van der Waals surface area contributed by atoms with Crippen LogP contribution in [0.4, 0.5) is 17.1 Å². The highest BCUT2D eigenvalue weighted by Gasteiger charge is 2.29. The number of aromatic nitrogens is 4. The topological polar surface area (TPSA) is 107 Å². The van der Waals surface area contributed by atoms with E-state index in [1.165, 1.54) is 19.3 Å². The smallest absolute Gasteiger partial charge is 0.181 e. The Labute approximate surface area is 186 Å². The third kappa shape index (κ3) is 3.91. The lowest BCUT2D eigenvalue weighted by Crippen LogP contribution is -2.22. The number of nitrogen functional groups attached to an aromatic ring is 1. The molecule has 2 aromatic carbocycles. The molecular weight excluding hydrogens is 402 g/mol. The Morgan fingerprint density at radius 3 is 2.75 bits per heavy atom. The monoisotopic (exact) mass is 429 g/mol. The van der Waals surface area contributed by atoms with Crippen molar-refractivity contribution in [1.29, 1.82) is 0 Å². The van der Waals surface area contributed by atoms with Crippen molar-refractivity contribution in [2.75, 3.05) is 16.4 Å². The van der Waals surface area contributed by atoms with Gasteiger partial charge in [0.1, 0.15) is 17.4 Å². The molecule has 4 N–H and O–H groups in total. The molecule has 0 saturated heterocycles. The Hall–Kier alpha value is -3.81. The van der Waals surface area contributed by atoms with E-state index in [2.05, 4.69) is 32.7 Å². The lowest BCUT2D eigenvalue weighted by molar-refractivity contribution is 0.313. The number of fused-ring (bicyclic) bond motifs is 1. The summed E-state index contributed by atoms with van der Waals surface area (Å²) in [7, 11) is 0. The molecule has 1 unspecified atom stereocenters. The first-order valence-electron chi connectivity index (χ1n) is 11.0. The van der Waals surface area contributed by atoms with Crippen LogP contribution in [0.25, 0.3) is 11.0 Å². The van der Waals surface area contributed by atoms with E-state index in [9.17, 15) is 0 Å². The van der Waals surface area contributed by atoms with Crippen LogP contribution in [0.2, 0.25) is 0 Å². The maximum Gasteiger partial charge on any atom is 0.181 e. The highest BCUT2D eigenvalue weighted by molar-refractivity contribution is 5.78. The first-order chi connectivity index (χ1) is 15.7. The minimum Gasteiger partial charge on any atom is -0.458 e. The van der Waals surface area contributed by atoms with Gasteiger partial charge in [0.25, 0.3) is 0 Å². The maximum atomic E-state index is 6.23. The van der Waals surface area contributed by atoms with Gasteiger partial charge in [-0.3, -0.25) is 0 Å². The summed E-state index contributed by atoms with van der Waals surface area (Å²) in [6.45, 7) is 3.70. The van der Waals surface area contributed by atoms with Gasteiger partial charge in [0.05, 0.1) is 17.4 Å². The third-order valence-corrected chi connectivity index (χ3v) is 6.05. The summed E-state index contributed by atoms with van der Waals surface area (Å²) in [5, 5.41) is 20.5. The summed E-state index contributed by atoms with van der Waals surface area (Å²) in [6, 6.07) is 15.7. The summed E-state index contributed by atoms with van der Waals surface area (Å²) in [6.07, 6.45) is 7.43. The van der Waals surface area contributed by atoms with Crippen molar-refractivity contribution in [2.24, 2.45) is 0 Å². The maximum absolute atomic E-state index is 6.23. The SMILES string of the molecule is C=CNc1ccc(NC(c2cc3ccccc3o2)c2nnnn2C2CCCCC2)cc1N. The molecule has 0 radical (unpaired) electrons. The van der Waals surface area contributed by atoms with Crippen LogP contribution in [-0.2, 0) is 0 Å². The number of tetrazole rings is 1. The normalized spacial score (nSPS) is 15.5. The van der Waals surface area contributed by atoms with Crippen molar-refractivity contribution in [2.45, 2.75) is 44.2 Å². The number of hydrogen-bond donors (Lipinski definition) is 3. The molecule has 1 fully saturated rings. The summed E-state index contributed by atoms with van der Waals surface area (Å²) in [5.74, 6) is 1.49. The van der Waals surface area contributed by atoms with Crippen LogP contribution in [0.1, 0.15) is 55.8 Å². The summed E-state index contributed by atoms with van der Waals surface area (Å²) in [5.41, 5.74) is 9.33. The van der Waals surface area contributed by atoms with E-state index in [0.29, 0.717) is 11.7 Å². The number of furan rings is 1. The summed E-state index contributed by atoms with van der Waals surface area (Å²) < 4.78 is 8.21. The molecule has 4 aromatic rings. The van der Waals surface area contributed by atoms with Gasteiger partial charge < -0.3 is 20.8 Å². The van der Waals surface area contributed by atoms with Crippen LogP contribution < -0.4 is 16.4 Å². The van der Waals surface area contributed by atoms with Gasteiger partial charge in [0, 0.05) is 11.1 Å². The van der Waals surface area contributed by atoms with Crippen LogP contribution in [0.3, 0.4) is 0 Å². The lowest BCUT2D eigenvalue weighted by Gasteiger charge is -2.25. The van der Waals surface area contributed by atoms with Gasteiger partial charge >= 0.3 is 0 Å². The van der Waals surface area contributed by atoms with E-state index in [0.717, 1.165) is 46.8 Å². The van der Waals surface area contributed by atoms with Crippen molar-refractivity contribution < 1.29 is 4.42 Å². The summed E-state index contributed by atoms with van der Waals surface area (Å²) in [4.78, 5) is 0. The van der Waals surface area contributed by atoms with Gasteiger partial charge in [0.15, 0.2) is 5.82 Å². The summed E-state index contributed by atoms with van der Waals surface area (Å²) >= 11 is 0. The Morgan fingerprint density at radius 2 is 1.97 bits per heavy atom. The zero-order valence-electron chi connectivity index (χ0n) is 17.9. The number of anilines is 3. The molecule has 0 aliphatic heterocycles. The second-order valence-corrected chi connectivity index (χ2v) is 8.19. The second-order valence-electron chi connectivity index (χ2n) is 8.19. The van der Waals surface area contributed by atoms with Crippen molar-refractivity contribution >= 4 is 28.0 Å². The number of nitrogens with zero attached hydrogens (tertiary/aromatic N) is 4. The minimum absolute atomic E-state index is 0.298. The van der Waals surface area contributed by atoms with Crippen molar-refractivity contribution in [3.8, 4) is 0 Å². The van der Waals surface area contributed by atoms with Crippen LogP contribution >= 0.6 is 0 Å². The van der Waals surface area contributed by atoms with Gasteiger partial charge in [0.2, 0.25) is 0 Å². The van der Waals surface area contributed by atoms with Crippen molar-refractivity contribution in [3.05, 3.63) is 72.9 Å². The number of nitrogens with one attached hydrogen (secondary N) is 2. The number of nitrogens with two attached hydrogens (primary N) is 1. The second kappa shape index (κ2) is 8.74. The molecule has 5 rings (SSSR count). The Morgan fingerprint density at radius 1 is 1.12 bits per heavy atom. The fraction of sp³-hybridized carbons (Fsp3) is 0.292. The first-order valence-corrected chi connectivity index (χ1v) is 11.0. The standard InChI is InChI=1S/C24H27N7O/c1-2-26-20-13-12-17(15-19(20)25)27-23(22-14-16-8-6-7-11-21(16)32-22)24-28-29-30-31(24)18-9-4-3-5-10-18/h2,6-8,11-15,18,23,26-27H,1,3-5,9-10,25H2. The molecule has 1 atom stereocenters. The Balaban J connectivity index is 1.55. The average Bonchev–Trinajstić information content (AvgIpc) is 3.47. The fourth-order valence-corrected chi connectivity index (χ4v) is 4.44. The molecule has 32 heavy (non-hydrogen) atoms. The predicted molar refractivity (Wildman–Crippen MR) is 126 cm³/mol. The zero-order valence-corrected chi connectivity index (χ0v) is 17.9. The number of para-hydroxylation sites is 1. The molecule has 0 amide bonds. The zero-order chi connectivity index (χ0) is 21.9. The van der Waals surface area contributed by atoms with Crippen molar-refractivity contribution in [1.82, 2.24) is 20.2 Å². The Bertz CT molecular complexity index is 1190. The van der Waals surface area contributed by atoms with E-state index in [4.69, 9.17) is 10.2 Å². The fourth-order valence-electron chi connectivity index (χ4n) is 4.44. The lowest BCUT2D eigenvalue weighted by atomic mass is 9.95. The predicted octanol–water partition coefficient (Wildman–Crippen LogP) is 5.26. The van der Waals surface area contributed by atoms with Gasteiger partial charge in [-0.1, -0.05) is 44.0 Å². The molecule has 1 aliphatic rings. The van der Waals surface area contributed by atoms with Crippen LogP contribution in [0, 0.1) is 0 Å². The van der Waals surface area contributed by atoms with Gasteiger partial charge in [-0.05, 0) is 59.8 Å². The van der Waals surface area contributed by atoms with Crippen molar-refractivity contribution in [3.63, 3.8) is 0 Å². The molecule has 1 saturated carbocycles. The number of benzene rings is 2. The van der Waals surface area contributed by atoms with E-state index < -0.39 is 0 Å². The van der Waals surface area contributed by atoms with E-state index in [-0.39, 0.29) is 6.04 Å². The van der Waals surface area contributed by atoms with E-state index >= 15 is 0 Å². The van der Waals surface area contributed by atoms with Gasteiger partial charge in [-0.15, -0.1) is 5.10 Å². The highest BCUT2D eigenvalue weighted by Crippen LogP contribution is 2.35. The molecule has 8 nitrogen and oxygen atoms in total. The van der Waals surface area contributed by atoms with Crippen LogP contribution in [-0.4, -0.2) is 20.2 Å². The molecule has 164 valence electrons. The molecule has 2 heterocycles. The quantitative estimate of drug-likeness (QED) is 0.344. The molecule has 8 heteroatoms. The molecule has 0 spiro atoms. The minimum atomic E-state index is -0.364. The molecule has 2 aromatic heterocycles. The average molecular weight is 430 g/mol. The highest BCUT2D eigenvalue weighted by atomic mass is 16.3. The largest absolute Gasteiger partial charge is 0.458 e. The first kappa shape index (κ1) is 20.1. The van der Waals surface area contributed by atoms with E-state index in [1.807, 2.05) is 53.2 Å². The molecule has 0 bridgehead atoms. The number of hydrogen-bond acceptors (Lipinski definition) is 7. The third-order valence-electron chi connectivity index (χ3n) is 6.05. The van der Waals surface area contributed by atoms with E-state index in [1.54, 1.807) is 6.20 Å². The molecular formula is C24H27N7O. The van der Waals surface area contributed by atoms with Crippen LogP contribution in [0.15, 0.2) is 65.7 Å². The number of rotatable bonds is 7. The van der Waals surface area contributed by atoms with Gasteiger partial charge in [-0.2, -0.15) is 0 Å².